The monoisotopic (exact) mass is 182 g/mol. The quantitative estimate of drug-likeness (QED) is 0.690. The van der Waals surface area contributed by atoms with Crippen LogP contribution in [0.1, 0.15) is 20.8 Å². The van der Waals surface area contributed by atoms with Gasteiger partial charge in [-0.25, -0.2) is 0 Å². The molecule has 2 aliphatic heterocycles. The Kier molecular flexibility index (Phi) is 2.61. The highest BCUT2D eigenvalue weighted by molar-refractivity contribution is 4.96. The number of hydrogen-bond acceptors (Lipinski definition) is 2. The van der Waals surface area contributed by atoms with Gasteiger partial charge in [-0.05, 0) is 37.8 Å². The van der Waals surface area contributed by atoms with Crippen molar-refractivity contribution >= 4 is 0 Å². The van der Waals surface area contributed by atoms with Crippen LogP contribution in [0.4, 0.5) is 0 Å². The van der Waals surface area contributed by atoms with Crippen molar-refractivity contribution in [2.75, 3.05) is 26.2 Å². The standard InChI is InChI=1S/C11H22N2/c1-8(2)6-13-7-10-4-12-5-11(10)9(13)3/h8-12H,4-7H2,1-3H3. The average molecular weight is 182 g/mol. The number of likely N-dealkylation sites (tertiary alicyclic amines) is 1. The molecule has 0 bridgehead atoms. The van der Waals surface area contributed by atoms with Gasteiger partial charge >= 0.3 is 0 Å². The first-order chi connectivity index (χ1) is 6.18. The van der Waals surface area contributed by atoms with Crippen LogP contribution >= 0.6 is 0 Å². The molecule has 2 rings (SSSR count). The molecule has 2 saturated heterocycles. The van der Waals surface area contributed by atoms with Gasteiger partial charge < -0.3 is 5.32 Å². The summed E-state index contributed by atoms with van der Waals surface area (Å²) in [5.41, 5.74) is 0. The molecule has 3 atom stereocenters. The second-order valence-electron chi connectivity index (χ2n) is 5.17. The van der Waals surface area contributed by atoms with Crippen LogP contribution in [0.5, 0.6) is 0 Å². The Morgan fingerprint density at radius 2 is 2.15 bits per heavy atom. The van der Waals surface area contributed by atoms with E-state index in [0.717, 1.165) is 23.8 Å². The van der Waals surface area contributed by atoms with E-state index in [2.05, 4.69) is 31.0 Å². The molecule has 0 spiro atoms. The number of nitrogens with one attached hydrogen (secondary N) is 1. The SMILES string of the molecule is CC(C)CN1CC2CNCC2C1C. The normalized spacial score (nSPS) is 40.2. The van der Waals surface area contributed by atoms with E-state index in [0.29, 0.717) is 0 Å². The van der Waals surface area contributed by atoms with Gasteiger partial charge in [0.1, 0.15) is 0 Å². The predicted molar refractivity (Wildman–Crippen MR) is 55.7 cm³/mol. The minimum atomic E-state index is 0.808. The summed E-state index contributed by atoms with van der Waals surface area (Å²) >= 11 is 0. The van der Waals surface area contributed by atoms with Crippen LogP contribution in [-0.2, 0) is 0 Å². The van der Waals surface area contributed by atoms with Gasteiger partial charge in [0, 0.05) is 19.1 Å². The molecular weight excluding hydrogens is 160 g/mol. The molecule has 0 amide bonds. The Morgan fingerprint density at radius 3 is 2.77 bits per heavy atom. The highest BCUT2D eigenvalue weighted by Crippen LogP contribution is 2.32. The number of rotatable bonds is 2. The summed E-state index contributed by atoms with van der Waals surface area (Å²) in [5, 5.41) is 3.50. The number of fused-ring (bicyclic) bond motifs is 1. The summed E-state index contributed by atoms with van der Waals surface area (Å²) in [6, 6.07) is 0.808. The second-order valence-corrected chi connectivity index (χ2v) is 5.17. The number of hydrogen-bond donors (Lipinski definition) is 1. The first-order valence-corrected chi connectivity index (χ1v) is 5.63. The van der Waals surface area contributed by atoms with Crippen LogP contribution in [0.25, 0.3) is 0 Å². The third-order valence-electron chi connectivity index (χ3n) is 3.66. The van der Waals surface area contributed by atoms with E-state index < -0.39 is 0 Å². The zero-order valence-corrected chi connectivity index (χ0v) is 9.09. The molecule has 1 N–H and O–H groups in total. The minimum absolute atomic E-state index is 0.808. The van der Waals surface area contributed by atoms with E-state index >= 15 is 0 Å². The van der Waals surface area contributed by atoms with Crippen LogP contribution in [0.3, 0.4) is 0 Å². The predicted octanol–water partition coefficient (Wildman–Crippen LogP) is 1.18. The average Bonchev–Trinajstić information content (AvgIpc) is 2.56. The third-order valence-corrected chi connectivity index (χ3v) is 3.66. The van der Waals surface area contributed by atoms with Gasteiger partial charge in [-0.3, -0.25) is 4.90 Å². The van der Waals surface area contributed by atoms with Crippen molar-refractivity contribution in [3.05, 3.63) is 0 Å². The maximum atomic E-state index is 3.50. The smallest absolute Gasteiger partial charge is 0.0111 e. The van der Waals surface area contributed by atoms with Crippen LogP contribution in [-0.4, -0.2) is 37.1 Å². The maximum absolute atomic E-state index is 3.50. The van der Waals surface area contributed by atoms with E-state index in [1.807, 2.05) is 0 Å². The van der Waals surface area contributed by atoms with E-state index in [9.17, 15) is 0 Å². The molecule has 76 valence electrons. The molecule has 2 aliphatic rings. The summed E-state index contributed by atoms with van der Waals surface area (Å²) < 4.78 is 0. The van der Waals surface area contributed by atoms with Crippen LogP contribution in [0, 0.1) is 17.8 Å². The third kappa shape index (κ3) is 1.75. The molecule has 2 nitrogen and oxygen atoms in total. The first kappa shape index (κ1) is 9.47. The van der Waals surface area contributed by atoms with Gasteiger partial charge in [0.15, 0.2) is 0 Å². The Morgan fingerprint density at radius 1 is 1.38 bits per heavy atom. The van der Waals surface area contributed by atoms with Gasteiger partial charge in [0.25, 0.3) is 0 Å². The van der Waals surface area contributed by atoms with Crippen molar-refractivity contribution in [2.45, 2.75) is 26.8 Å². The summed E-state index contributed by atoms with van der Waals surface area (Å²) in [6.07, 6.45) is 0. The van der Waals surface area contributed by atoms with Crippen molar-refractivity contribution in [3.8, 4) is 0 Å². The summed E-state index contributed by atoms with van der Waals surface area (Å²) in [5.74, 6) is 2.68. The lowest BCUT2D eigenvalue weighted by Gasteiger charge is -2.25. The molecule has 2 heterocycles. The topological polar surface area (TPSA) is 15.3 Å². The summed E-state index contributed by atoms with van der Waals surface area (Å²) in [6.45, 7) is 12.2. The molecule has 0 aliphatic carbocycles. The van der Waals surface area contributed by atoms with E-state index in [1.54, 1.807) is 0 Å². The van der Waals surface area contributed by atoms with E-state index in [1.165, 1.54) is 26.2 Å². The van der Waals surface area contributed by atoms with Gasteiger partial charge in [-0.1, -0.05) is 13.8 Å². The van der Waals surface area contributed by atoms with Gasteiger partial charge in [0.2, 0.25) is 0 Å². The zero-order chi connectivity index (χ0) is 9.42. The second kappa shape index (κ2) is 3.58. The summed E-state index contributed by atoms with van der Waals surface area (Å²) in [7, 11) is 0. The van der Waals surface area contributed by atoms with Crippen molar-refractivity contribution in [1.82, 2.24) is 10.2 Å². The summed E-state index contributed by atoms with van der Waals surface area (Å²) in [4.78, 5) is 2.68. The fourth-order valence-corrected chi connectivity index (χ4v) is 2.97. The molecular formula is C11H22N2. The fourth-order valence-electron chi connectivity index (χ4n) is 2.97. The largest absolute Gasteiger partial charge is 0.316 e. The fraction of sp³-hybridized carbons (Fsp3) is 1.00. The molecule has 2 heteroatoms. The van der Waals surface area contributed by atoms with Crippen LogP contribution in [0.2, 0.25) is 0 Å². The van der Waals surface area contributed by atoms with E-state index in [4.69, 9.17) is 0 Å². The van der Waals surface area contributed by atoms with E-state index in [-0.39, 0.29) is 0 Å². The maximum Gasteiger partial charge on any atom is 0.0111 e. The van der Waals surface area contributed by atoms with Crippen molar-refractivity contribution in [3.63, 3.8) is 0 Å². The molecule has 2 fully saturated rings. The molecule has 0 saturated carbocycles. The molecule has 0 aromatic carbocycles. The molecule has 13 heavy (non-hydrogen) atoms. The molecule has 0 radical (unpaired) electrons. The van der Waals surface area contributed by atoms with Gasteiger partial charge in [-0.15, -0.1) is 0 Å². The van der Waals surface area contributed by atoms with Crippen LogP contribution < -0.4 is 5.32 Å². The lowest BCUT2D eigenvalue weighted by molar-refractivity contribution is 0.215. The van der Waals surface area contributed by atoms with Gasteiger partial charge in [0.05, 0.1) is 0 Å². The Hall–Kier alpha value is -0.0800. The molecule has 3 unspecified atom stereocenters. The number of nitrogens with zero attached hydrogens (tertiary/aromatic N) is 1. The lowest BCUT2D eigenvalue weighted by atomic mass is 9.95. The lowest BCUT2D eigenvalue weighted by Crippen LogP contribution is -2.35. The van der Waals surface area contributed by atoms with Crippen molar-refractivity contribution in [2.24, 2.45) is 17.8 Å². The highest BCUT2D eigenvalue weighted by atomic mass is 15.2. The van der Waals surface area contributed by atoms with Crippen LogP contribution in [0.15, 0.2) is 0 Å². The Balaban J connectivity index is 1.94. The first-order valence-electron chi connectivity index (χ1n) is 5.63. The Labute approximate surface area is 81.7 Å². The zero-order valence-electron chi connectivity index (χ0n) is 9.09. The minimum Gasteiger partial charge on any atom is -0.316 e. The molecule has 0 aromatic rings. The molecule has 0 aromatic heterocycles. The van der Waals surface area contributed by atoms with Crippen molar-refractivity contribution in [1.29, 1.82) is 0 Å². The van der Waals surface area contributed by atoms with Crippen molar-refractivity contribution < 1.29 is 0 Å². The highest BCUT2D eigenvalue weighted by Gasteiger charge is 2.41. The Bertz CT molecular complexity index is 179. The van der Waals surface area contributed by atoms with Gasteiger partial charge in [-0.2, -0.15) is 0 Å².